The fourth-order valence-corrected chi connectivity index (χ4v) is 2.79. The summed E-state index contributed by atoms with van der Waals surface area (Å²) in [7, 11) is 0. The van der Waals surface area contributed by atoms with Crippen molar-refractivity contribution < 1.29 is 4.74 Å². The monoisotopic (exact) mass is 308 g/mol. The van der Waals surface area contributed by atoms with Gasteiger partial charge in [-0.05, 0) is 53.9 Å². The van der Waals surface area contributed by atoms with E-state index in [-0.39, 0.29) is 0 Å². The second-order valence-electron chi connectivity index (χ2n) is 4.44. The van der Waals surface area contributed by atoms with Gasteiger partial charge in [0.1, 0.15) is 6.07 Å². The van der Waals surface area contributed by atoms with Gasteiger partial charge in [-0.1, -0.05) is 0 Å². The van der Waals surface area contributed by atoms with E-state index in [0.717, 1.165) is 42.7 Å². The summed E-state index contributed by atoms with van der Waals surface area (Å²) in [6, 6.07) is 8.06. The van der Waals surface area contributed by atoms with Crippen LogP contribution in [0.5, 0.6) is 0 Å². The van der Waals surface area contributed by atoms with Crippen LogP contribution in [-0.2, 0) is 4.74 Å². The minimum Gasteiger partial charge on any atom is -0.377 e. The maximum absolute atomic E-state index is 8.92. The fraction of sp³-hybridized carbons (Fsp3) is 0.500. The molecule has 0 spiro atoms. The van der Waals surface area contributed by atoms with Gasteiger partial charge in [0.2, 0.25) is 0 Å². The molecule has 0 N–H and O–H groups in total. The van der Waals surface area contributed by atoms with E-state index < -0.39 is 0 Å². The summed E-state index contributed by atoms with van der Waals surface area (Å²) in [4.78, 5) is 2.33. The molecular formula is C14H17BrN2O. The van der Waals surface area contributed by atoms with Crippen LogP contribution in [0.3, 0.4) is 0 Å². The third-order valence-electron chi connectivity index (χ3n) is 3.22. The second-order valence-corrected chi connectivity index (χ2v) is 5.30. The van der Waals surface area contributed by atoms with Crippen LogP contribution in [0.4, 0.5) is 5.69 Å². The van der Waals surface area contributed by atoms with E-state index in [9.17, 15) is 0 Å². The number of nitrogens with zero attached hydrogens (tertiary/aromatic N) is 2. The third kappa shape index (κ3) is 3.04. The first-order valence-corrected chi connectivity index (χ1v) is 7.10. The Morgan fingerprint density at radius 3 is 3.06 bits per heavy atom. The maximum atomic E-state index is 8.92. The lowest BCUT2D eigenvalue weighted by Gasteiger charge is -2.34. The van der Waals surface area contributed by atoms with Gasteiger partial charge in [0.05, 0.1) is 11.7 Å². The van der Waals surface area contributed by atoms with Crippen molar-refractivity contribution in [2.24, 2.45) is 0 Å². The van der Waals surface area contributed by atoms with E-state index in [1.807, 2.05) is 25.1 Å². The Balaban J connectivity index is 2.11. The Hall–Kier alpha value is -1.05. The van der Waals surface area contributed by atoms with Crippen LogP contribution in [0.15, 0.2) is 22.7 Å². The average Bonchev–Trinajstić information content (AvgIpc) is 2.39. The highest BCUT2D eigenvalue weighted by Gasteiger charge is 2.20. The van der Waals surface area contributed by atoms with Crippen molar-refractivity contribution in [1.29, 1.82) is 5.26 Å². The van der Waals surface area contributed by atoms with Crippen LogP contribution in [0.25, 0.3) is 0 Å². The SMILES string of the molecule is CCOC1CCCN(c2ccc(C#N)c(Br)c2)C1. The lowest BCUT2D eigenvalue weighted by atomic mass is 10.1. The van der Waals surface area contributed by atoms with Gasteiger partial charge in [-0.25, -0.2) is 0 Å². The van der Waals surface area contributed by atoms with Crippen molar-refractivity contribution in [3.05, 3.63) is 28.2 Å². The molecule has 3 nitrogen and oxygen atoms in total. The first-order valence-electron chi connectivity index (χ1n) is 6.30. The molecule has 4 heteroatoms. The Morgan fingerprint density at radius 2 is 2.39 bits per heavy atom. The van der Waals surface area contributed by atoms with Crippen LogP contribution in [0.2, 0.25) is 0 Å². The highest BCUT2D eigenvalue weighted by atomic mass is 79.9. The van der Waals surface area contributed by atoms with E-state index in [1.165, 1.54) is 0 Å². The van der Waals surface area contributed by atoms with Gasteiger partial charge in [-0.2, -0.15) is 5.26 Å². The minimum absolute atomic E-state index is 0.332. The first-order chi connectivity index (χ1) is 8.74. The Bertz CT molecular complexity index is 454. The highest BCUT2D eigenvalue weighted by molar-refractivity contribution is 9.10. The number of anilines is 1. The predicted molar refractivity (Wildman–Crippen MR) is 75.7 cm³/mol. The normalized spacial score (nSPS) is 19.6. The van der Waals surface area contributed by atoms with Crippen molar-refractivity contribution in [3.63, 3.8) is 0 Å². The lowest BCUT2D eigenvalue weighted by molar-refractivity contribution is 0.0527. The van der Waals surface area contributed by atoms with Gasteiger partial charge in [0, 0.05) is 29.9 Å². The van der Waals surface area contributed by atoms with E-state index >= 15 is 0 Å². The van der Waals surface area contributed by atoms with E-state index in [1.54, 1.807) is 0 Å². The van der Waals surface area contributed by atoms with Crippen LogP contribution in [0, 0.1) is 11.3 Å². The van der Waals surface area contributed by atoms with Gasteiger partial charge >= 0.3 is 0 Å². The number of rotatable bonds is 3. The van der Waals surface area contributed by atoms with Gasteiger partial charge in [0.25, 0.3) is 0 Å². The molecule has 1 aromatic carbocycles. The molecule has 0 radical (unpaired) electrons. The smallest absolute Gasteiger partial charge is 0.100 e. The molecule has 2 rings (SSSR count). The zero-order valence-corrected chi connectivity index (χ0v) is 12.1. The van der Waals surface area contributed by atoms with Gasteiger partial charge in [-0.15, -0.1) is 0 Å². The number of hydrogen-bond acceptors (Lipinski definition) is 3. The predicted octanol–water partition coefficient (Wildman–Crippen LogP) is 3.33. The Labute approximate surface area is 116 Å². The zero-order chi connectivity index (χ0) is 13.0. The Morgan fingerprint density at radius 1 is 1.56 bits per heavy atom. The fourth-order valence-electron chi connectivity index (χ4n) is 2.34. The molecule has 0 aromatic heterocycles. The molecule has 1 aliphatic heterocycles. The number of nitriles is 1. The molecule has 1 saturated heterocycles. The standard InChI is InChI=1S/C14H17BrN2O/c1-2-18-13-4-3-7-17(10-13)12-6-5-11(9-16)14(15)8-12/h5-6,8,13H,2-4,7,10H2,1H3. The molecule has 0 bridgehead atoms. The molecule has 0 saturated carbocycles. The summed E-state index contributed by atoms with van der Waals surface area (Å²) in [6.45, 7) is 4.81. The molecule has 1 fully saturated rings. The van der Waals surface area contributed by atoms with Crippen LogP contribution < -0.4 is 4.90 Å². The van der Waals surface area contributed by atoms with E-state index in [0.29, 0.717) is 11.7 Å². The summed E-state index contributed by atoms with van der Waals surface area (Å²) < 4.78 is 6.57. The van der Waals surface area contributed by atoms with Crippen molar-refractivity contribution >= 4 is 21.6 Å². The van der Waals surface area contributed by atoms with Crippen molar-refractivity contribution in [1.82, 2.24) is 0 Å². The van der Waals surface area contributed by atoms with Crippen molar-refractivity contribution in [2.75, 3.05) is 24.6 Å². The largest absolute Gasteiger partial charge is 0.377 e. The molecule has 18 heavy (non-hydrogen) atoms. The number of piperidine rings is 1. The molecule has 0 aliphatic carbocycles. The summed E-state index contributed by atoms with van der Waals surface area (Å²) in [5, 5.41) is 8.92. The van der Waals surface area contributed by atoms with E-state index in [4.69, 9.17) is 10.00 Å². The average molecular weight is 309 g/mol. The topological polar surface area (TPSA) is 36.3 Å². The van der Waals surface area contributed by atoms with Crippen molar-refractivity contribution in [3.8, 4) is 6.07 Å². The molecule has 1 heterocycles. The molecule has 1 aliphatic rings. The van der Waals surface area contributed by atoms with Gasteiger partial charge in [-0.3, -0.25) is 0 Å². The number of benzene rings is 1. The summed E-state index contributed by atoms with van der Waals surface area (Å²) in [5.74, 6) is 0. The lowest BCUT2D eigenvalue weighted by Crippen LogP contribution is -2.39. The first kappa shape index (κ1) is 13.4. The molecule has 0 amide bonds. The molecule has 1 aromatic rings. The number of halogens is 1. The van der Waals surface area contributed by atoms with Crippen LogP contribution in [-0.4, -0.2) is 25.8 Å². The van der Waals surface area contributed by atoms with Gasteiger partial charge in [0.15, 0.2) is 0 Å². The molecular weight excluding hydrogens is 292 g/mol. The molecule has 1 unspecified atom stereocenters. The minimum atomic E-state index is 0.332. The molecule has 1 atom stereocenters. The van der Waals surface area contributed by atoms with Gasteiger partial charge < -0.3 is 9.64 Å². The zero-order valence-electron chi connectivity index (χ0n) is 10.5. The number of hydrogen-bond donors (Lipinski definition) is 0. The summed E-state index contributed by atoms with van der Waals surface area (Å²) in [5.41, 5.74) is 1.84. The highest BCUT2D eigenvalue weighted by Crippen LogP contribution is 2.26. The Kier molecular flexibility index (Phi) is 4.62. The quantitative estimate of drug-likeness (QED) is 0.859. The van der Waals surface area contributed by atoms with E-state index in [2.05, 4.69) is 26.9 Å². The summed E-state index contributed by atoms with van der Waals surface area (Å²) in [6.07, 6.45) is 2.63. The molecule has 96 valence electrons. The maximum Gasteiger partial charge on any atom is 0.100 e. The summed E-state index contributed by atoms with van der Waals surface area (Å²) >= 11 is 3.44. The second kappa shape index (κ2) is 6.21. The van der Waals surface area contributed by atoms with Crippen LogP contribution in [0.1, 0.15) is 25.3 Å². The van der Waals surface area contributed by atoms with Crippen LogP contribution >= 0.6 is 15.9 Å². The van der Waals surface area contributed by atoms with Crippen molar-refractivity contribution in [2.45, 2.75) is 25.9 Å². The third-order valence-corrected chi connectivity index (χ3v) is 3.87. The number of ether oxygens (including phenoxy) is 1.